The summed E-state index contributed by atoms with van der Waals surface area (Å²) in [7, 11) is 1.56. The van der Waals surface area contributed by atoms with Gasteiger partial charge in [0.15, 0.2) is 5.82 Å². The van der Waals surface area contributed by atoms with Crippen LogP contribution in [0.25, 0.3) is 0 Å². The van der Waals surface area contributed by atoms with Crippen LogP contribution in [-0.2, 0) is 17.6 Å². The van der Waals surface area contributed by atoms with E-state index in [0.29, 0.717) is 12.3 Å². The molecular formula is C16H20N2O3. The van der Waals surface area contributed by atoms with Crippen molar-refractivity contribution in [1.82, 2.24) is 10.1 Å². The Morgan fingerprint density at radius 2 is 2.29 bits per heavy atom. The molecule has 3 rings (SSSR count). The highest BCUT2D eigenvalue weighted by Gasteiger charge is 2.26. The van der Waals surface area contributed by atoms with Crippen LogP contribution in [0.3, 0.4) is 0 Å². The third-order valence-electron chi connectivity index (χ3n) is 3.93. The first-order valence-corrected chi connectivity index (χ1v) is 7.35. The number of benzene rings is 1. The van der Waals surface area contributed by atoms with Crippen LogP contribution < -0.4 is 0 Å². The maximum absolute atomic E-state index is 9.73. The Kier molecular flexibility index (Phi) is 4.31. The van der Waals surface area contributed by atoms with Crippen LogP contribution in [0.4, 0.5) is 0 Å². The lowest BCUT2D eigenvalue weighted by molar-refractivity contribution is 0.0599. The third kappa shape index (κ3) is 3.14. The van der Waals surface area contributed by atoms with Crippen LogP contribution in [-0.4, -0.2) is 35.1 Å². The summed E-state index contributed by atoms with van der Waals surface area (Å²) in [5, 5.41) is 13.8. The van der Waals surface area contributed by atoms with Gasteiger partial charge in [-0.15, -0.1) is 0 Å². The van der Waals surface area contributed by atoms with Crippen LogP contribution in [0.5, 0.6) is 0 Å². The smallest absolute Gasteiger partial charge is 0.229 e. The predicted molar refractivity (Wildman–Crippen MR) is 77.1 cm³/mol. The summed E-state index contributed by atoms with van der Waals surface area (Å²) >= 11 is 0. The third-order valence-corrected chi connectivity index (χ3v) is 3.93. The van der Waals surface area contributed by atoms with Crippen molar-refractivity contribution >= 4 is 0 Å². The van der Waals surface area contributed by atoms with Gasteiger partial charge in [-0.3, -0.25) is 0 Å². The molecule has 1 heterocycles. The highest BCUT2D eigenvalue weighted by Crippen LogP contribution is 2.35. The number of rotatable bonds is 5. The van der Waals surface area contributed by atoms with Gasteiger partial charge in [0.05, 0.1) is 19.1 Å². The highest BCUT2D eigenvalue weighted by molar-refractivity contribution is 5.36. The molecule has 1 aromatic heterocycles. The van der Waals surface area contributed by atoms with Gasteiger partial charge in [0.2, 0.25) is 5.89 Å². The number of ether oxygens (including phenoxy) is 1. The standard InChI is InChI=1S/C16H20N2O3/c1-20-10-12(19)9-15-17-16(18-21-15)14-8-4-6-11-5-2-3-7-13(11)14/h2-3,5,7,12,14,19H,4,6,8-10H2,1H3. The van der Waals surface area contributed by atoms with Crippen molar-refractivity contribution in [1.29, 1.82) is 0 Å². The summed E-state index contributed by atoms with van der Waals surface area (Å²) in [5.41, 5.74) is 2.67. The molecule has 0 amide bonds. The normalized spacial score (nSPS) is 19.2. The summed E-state index contributed by atoms with van der Waals surface area (Å²) in [6, 6.07) is 8.45. The van der Waals surface area contributed by atoms with Gasteiger partial charge in [0, 0.05) is 13.0 Å². The van der Waals surface area contributed by atoms with Crippen molar-refractivity contribution in [3.63, 3.8) is 0 Å². The molecule has 112 valence electrons. The second-order valence-corrected chi connectivity index (χ2v) is 5.50. The predicted octanol–water partition coefficient (Wildman–Crippen LogP) is 2.09. The molecule has 1 aromatic carbocycles. The fraction of sp³-hybridized carbons (Fsp3) is 0.500. The second kappa shape index (κ2) is 6.37. The first kappa shape index (κ1) is 14.2. The molecule has 0 aliphatic heterocycles. The number of aliphatic hydroxyl groups excluding tert-OH is 1. The monoisotopic (exact) mass is 288 g/mol. The van der Waals surface area contributed by atoms with Crippen molar-refractivity contribution < 1.29 is 14.4 Å². The first-order valence-electron chi connectivity index (χ1n) is 7.35. The minimum Gasteiger partial charge on any atom is -0.390 e. The maximum atomic E-state index is 9.73. The molecule has 0 fully saturated rings. The number of aliphatic hydroxyl groups is 1. The maximum Gasteiger partial charge on any atom is 0.229 e. The molecule has 2 aromatic rings. The number of methoxy groups -OCH3 is 1. The van der Waals surface area contributed by atoms with Crippen LogP contribution in [0.1, 0.15) is 41.6 Å². The van der Waals surface area contributed by atoms with Crippen LogP contribution in [0.2, 0.25) is 0 Å². The number of fused-ring (bicyclic) bond motifs is 1. The van der Waals surface area contributed by atoms with Crippen LogP contribution >= 0.6 is 0 Å². The number of hydrogen-bond donors (Lipinski definition) is 1. The Hall–Kier alpha value is -1.72. The van der Waals surface area contributed by atoms with Gasteiger partial charge in [0.1, 0.15) is 0 Å². The van der Waals surface area contributed by atoms with E-state index in [-0.39, 0.29) is 12.5 Å². The lowest BCUT2D eigenvalue weighted by atomic mass is 9.82. The van der Waals surface area contributed by atoms with Gasteiger partial charge in [-0.1, -0.05) is 29.4 Å². The second-order valence-electron chi connectivity index (χ2n) is 5.50. The minimum absolute atomic E-state index is 0.201. The van der Waals surface area contributed by atoms with Crippen LogP contribution in [0, 0.1) is 0 Å². The summed E-state index contributed by atoms with van der Waals surface area (Å²) in [4.78, 5) is 4.46. The van der Waals surface area contributed by atoms with E-state index < -0.39 is 6.10 Å². The topological polar surface area (TPSA) is 68.4 Å². The summed E-state index contributed by atoms with van der Waals surface area (Å²) in [5.74, 6) is 1.39. The van der Waals surface area contributed by atoms with Crippen molar-refractivity contribution in [2.75, 3.05) is 13.7 Å². The Balaban J connectivity index is 1.78. The van der Waals surface area contributed by atoms with Crippen molar-refractivity contribution in [3.05, 3.63) is 47.1 Å². The van der Waals surface area contributed by atoms with E-state index in [0.717, 1.165) is 25.1 Å². The molecule has 1 aliphatic carbocycles. The SMILES string of the molecule is COCC(O)Cc1nc(C2CCCc3ccccc32)no1. The lowest BCUT2D eigenvalue weighted by Crippen LogP contribution is -2.17. The zero-order valence-corrected chi connectivity index (χ0v) is 12.2. The molecular weight excluding hydrogens is 268 g/mol. The molecule has 2 atom stereocenters. The van der Waals surface area contributed by atoms with Gasteiger partial charge >= 0.3 is 0 Å². The molecule has 2 unspecified atom stereocenters. The summed E-state index contributed by atoms with van der Waals surface area (Å²) < 4.78 is 10.2. The molecule has 0 saturated carbocycles. The van der Waals surface area contributed by atoms with Crippen molar-refractivity contribution in [2.24, 2.45) is 0 Å². The average molecular weight is 288 g/mol. The zero-order chi connectivity index (χ0) is 14.7. The Bertz CT molecular complexity index is 597. The van der Waals surface area contributed by atoms with Crippen molar-refractivity contribution in [3.8, 4) is 0 Å². The first-order chi connectivity index (χ1) is 10.3. The van der Waals surface area contributed by atoms with E-state index in [2.05, 4.69) is 34.4 Å². The zero-order valence-electron chi connectivity index (χ0n) is 12.2. The quantitative estimate of drug-likeness (QED) is 0.912. The number of nitrogens with zero attached hydrogens (tertiary/aromatic N) is 2. The molecule has 5 heteroatoms. The number of aromatic nitrogens is 2. The van der Waals surface area contributed by atoms with E-state index in [1.54, 1.807) is 7.11 Å². The minimum atomic E-state index is -0.609. The van der Waals surface area contributed by atoms with Crippen molar-refractivity contribution in [2.45, 2.75) is 37.7 Å². The van der Waals surface area contributed by atoms with Gasteiger partial charge in [-0.05, 0) is 30.4 Å². The van der Waals surface area contributed by atoms with E-state index >= 15 is 0 Å². The lowest BCUT2D eigenvalue weighted by Gasteiger charge is -2.22. The molecule has 21 heavy (non-hydrogen) atoms. The van der Waals surface area contributed by atoms with Gasteiger partial charge < -0.3 is 14.4 Å². The largest absolute Gasteiger partial charge is 0.390 e. The van der Waals surface area contributed by atoms with Gasteiger partial charge in [-0.2, -0.15) is 4.98 Å². The molecule has 0 bridgehead atoms. The molecule has 0 saturated heterocycles. The molecule has 1 N–H and O–H groups in total. The van der Waals surface area contributed by atoms with Gasteiger partial charge in [0.25, 0.3) is 0 Å². The molecule has 0 radical (unpaired) electrons. The van der Waals surface area contributed by atoms with Crippen LogP contribution in [0.15, 0.2) is 28.8 Å². The number of aryl methyl sites for hydroxylation is 1. The fourth-order valence-electron chi connectivity index (χ4n) is 2.97. The molecule has 0 spiro atoms. The molecule has 1 aliphatic rings. The van der Waals surface area contributed by atoms with Gasteiger partial charge in [-0.25, -0.2) is 0 Å². The fourth-order valence-corrected chi connectivity index (χ4v) is 2.97. The van der Waals surface area contributed by atoms with E-state index in [9.17, 15) is 5.11 Å². The average Bonchev–Trinajstić information content (AvgIpc) is 2.95. The van der Waals surface area contributed by atoms with E-state index in [1.807, 2.05) is 0 Å². The van der Waals surface area contributed by atoms with E-state index in [1.165, 1.54) is 11.1 Å². The Labute approximate surface area is 123 Å². The summed E-state index contributed by atoms with van der Waals surface area (Å²) in [6.45, 7) is 0.268. The summed E-state index contributed by atoms with van der Waals surface area (Å²) in [6.07, 6.45) is 3.01. The Morgan fingerprint density at radius 3 is 3.14 bits per heavy atom. The highest BCUT2D eigenvalue weighted by atomic mass is 16.5. The Morgan fingerprint density at radius 1 is 1.43 bits per heavy atom. The number of hydrogen-bond acceptors (Lipinski definition) is 5. The molecule has 5 nitrogen and oxygen atoms in total. The van der Waals surface area contributed by atoms with E-state index in [4.69, 9.17) is 9.26 Å².